The molecule has 1 aliphatic rings. The maximum Gasteiger partial charge on any atom is 0.350 e. The first-order chi connectivity index (χ1) is 9.44. The molecule has 4 N–H and O–H groups in total. The number of ether oxygens (including phenoxy) is 1. The second kappa shape index (κ2) is 4.78. The van der Waals surface area contributed by atoms with Crippen molar-refractivity contribution in [1.82, 2.24) is 19.5 Å². The maximum absolute atomic E-state index is 10.7. The van der Waals surface area contributed by atoms with E-state index in [2.05, 4.69) is 15.0 Å². The molecule has 2 aromatic heterocycles. The van der Waals surface area contributed by atoms with Gasteiger partial charge in [-0.25, -0.2) is 15.0 Å². The number of nitrogens with zero attached hydrogens (tertiary/aromatic N) is 4. The van der Waals surface area contributed by atoms with Crippen LogP contribution in [0.3, 0.4) is 0 Å². The summed E-state index contributed by atoms with van der Waals surface area (Å²) in [4.78, 5) is 29.7. The lowest BCUT2D eigenvalue weighted by Gasteiger charge is -2.35. The van der Waals surface area contributed by atoms with Gasteiger partial charge < -0.3 is 24.8 Å². The number of hydrogen-bond acceptors (Lipinski definition) is 6. The highest BCUT2D eigenvalue weighted by Crippen LogP contribution is 2.40. The molecule has 2 aromatic rings. The van der Waals surface area contributed by atoms with Crippen LogP contribution in [0.2, 0.25) is 0 Å². The predicted molar refractivity (Wildman–Crippen MR) is 69.8 cm³/mol. The van der Waals surface area contributed by atoms with Crippen LogP contribution in [-0.4, -0.2) is 41.8 Å². The Labute approximate surface area is 114 Å². The van der Waals surface area contributed by atoms with Crippen LogP contribution in [0.25, 0.3) is 11.2 Å². The lowest BCUT2D eigenvalue weighted by atomic mass is 9.89. The van der Waals surface area contributed by atoms with Crippen molar-refractivity contribution in [3.63, 3.8) is 0 Å². The Hall–Kier alpha value is -1.54. The summed E-state index contributed by atoms with van der Waals surface area (Å²) in [5.74, 6) is 0.336. The lowest BCUT2D eigenvalue weighted by molar-refractivity contribution is -0.00914. The van der Waals surface area contributed by atoms with Gasteiger partial charge in [0.15, 0.2) is 11.5 Å². The highest BCUT2D eigenvalue weighted by atomic mass is 31.2. The van der Waals surface area contributed by atoms with Crippen molar-refractivity contribution in [2.75, 3.05) is 12.1 Å². The SMILES string of the molecule is Nc1ncnc2c1ncn2C1CC(OCP(=O)(O)O)C1. The summed E-state index contributed by atoms with van der Waals surface area (Å²) < 4.78 is 17.8. The standard InChI is InChI=1S/C10H14N5O4P/c11-9-8-10(13-3-12-9)15(4-14-8)6-1-7(2-6)19-5-20(16,17)18/h3-4,6-7H,1-2,5H2,(H2,11,12,13)(H2,16,17,18). The largest absolute Gasteiger partial charge is 0.382 e. The molecule has 0 aromatic carbocycles. The Balaban J connectivity index is 1.67. The van der Waals surface area contributed by atoms with Crippen LogP contribution in [0.5, 0.6) is 0 Å². The lowest BCUT2D eigenvalue weighted by Crippen LogP contribution is -2.33. The van der Waals surface area contributed by atoms with E-state index in [9.17, 15) is 4.57 Å². The third-order valence-electron chi connectivity index (χ3n) is 3.33. The molecule has 0 unspecified atom stereocenters. The van der Waals surface area contributed by atoms with Crippen LogP contribution in [0, 0.1) is 0 Å². The van der Waals surface area contributed by atoms with E-state index in [-0.39, 0.29) is 12.1 Å². The molecule has 0 amide bonds. The first-order valence-electron chi connectivity index (χ1n) is 6.03. The summed E-state index contributed by atoms with van der Waals surface area (Å²) in [5.41, 5.74) is 6.94. The van der Waals surface area contributed by atoms with Gasteiger partial charge in [-0.2, -0.15) is 0 Å². The summed E-state index contributed by atoms with van der Waals surface area (Å²) in [7, 11) is -4.10. The van der Waals surface area contributed by atoms with Crippen molar-refractivity contribution >= 4 is 24.6 Å². The minimum absolute atomic E-state index is 0.149. The second-order valence-electron chi connectivity index (χ2n) is 4.79. The fraction of sp³-hybridized carbons (Fsp3) is 0.500. The Bertz CT molecular complexity index is 677. The first kappa shape index (κ1) is 13.4. The molecule has 20 heavy (non-hydrogen) atoms. The van der Waals surface area contributed by atoms with Crippen LogP contribution < -0.4 is 5.73 Å². The van der Waals surface area contributed by atoms with Gasteiger partial charge >= 0.3 is 7.60 Å². The first-order valence-corrected chi connectivity index (χ1v) is 7.83. The summed E-state index contributed by atoms with van der Waals surface area (Å²) in [6, 6.07) is 0.149. The van der Waals surface area contributed by atoms with Crippen LogP contribution in [0.15, 0.2) is 12.7 Å². The molecule has 1 saturated carbocycles. The number of hydrogen-bond donors (Lipinski definition) is 3. The Kier molecular flexibility index (Phi) is 3.21. The predicted octanol–water partition coefficient (Wildman–Crippen LogP) is 0.264. The van der Waals surface area contributed by atoms with Crippen molar-refractivity contribution in [2.24, 2.45) is 0 Å². The van der Waals surface area contributed by atoms with E-state index in [1.807, 2.05) is 4.57 Å². The molecule has 0 aliphatic heterocycles. The van der Waals surface area contributed by atoms with Gasteiger partial charge in [-0.1, -0.05) is 0 Å². The number of imidazole rings is 1. The van der Waals surface area contributed by atoms with Crippen molar-refractivity contribution < 1.29 is 19.1 Å². The number of aromatic nitrogens is 4. The fourth-order valence-corrected chi connectivity index (χ4v) is 2.65. The number of anilines is 1. The van der Waals surface area contributed by atoms with Gasteiger partial charge in [0.25, 0.3) is 0 Å². The van der Waals surface area contributed by atoms with Gasteiger partial charge in [0.2, 0.25) is 0 Å². The topological polar surface area (TPSA) is 136 Å². The van der Waals surface area contributed by atoms with Crippen LogP contribution in [0.4, 0.5) is 5.82 Å². The van der Waals surface area contributed by atoms with Gasteiger partial charge in [0, 0.05) is 6.04 Å². The third kappa shape index (κ3) is 2.53. The molecule has 108 valence electrons. The van der Waals surface area contributed by atoms with E-state index in [0.717, 1.165) is 0 Å². The number of nitrogen functional groups attached to an aromatic ring is 1. The molecule has 2 heterocycles. The summed E-state index contributed by atoms with van der Waals surface area (Å²) in [5, 5.41) is 0. The zero-order chi connectivity index (χ0) is 14.3. The highest BCUT2D eigenvalue weighted by molar-refractivity contribution is 7.51. The molecule has 1 aliphatic carbocycles. The zero-order valence-corrected chi connectivity index (χ0v) is 11.3. The number of fused-ring (bicyclic) bond motifs is 1. The van der Waals surface area contributed by atoms with E-state index in [4.69, 9.17) is 20.3 Å². The molecule has 0 atom stereocenters. The van der Waals surface area contributed by atoms with Crippen LogP contribution in [-0.2, 0) is 9.30 Å². The van der Waals surface area contributed by atoms with E-state index in [0.29, 0.717) is 29.8 Å². The van der Waals surface area contributed by atoms with Gasteiger partial charge in [-0.05, 0) is 12.8 Å². The zero-order valence-electron chi connectivity index (χ0n) is 10.5. The molecule has 0 spiro atoms. The third-order valence-corrected chi connectivity index (χ3v) is 3.81. The average Bonchev–Trinajstić information content (AvgIpc) is 2.71. The maximum atomic E-state index is 10.7. The number of nitrogens with two attached hydrogens (primary N) is 1. The van der Waals surface area contributed by atoms with Gasteiger partial charge in [0.1, 0.15) is 18.2 Å². The van der Waals surface area contributed by atoms with Gasteiger partial charge in [0.05, 0.1) is 12.4 Å². The number of rotatable bonds is 4. The molecule has 0 saturated heterocycles. The molecule has 0 radical (unpaired) electrons. The van der Waals surface area contributed by atoms with E-state index in [1.165, 1.54) is 6.33 Å². The van der Waals surface area contributed by atoms with Crippen LogP contribution in [0.1, 0.15) is 18.9 Å². The van der Waals surface area contributed by atoms with E-state index < -0.39 is 13.9 Å². The van der Waals surface area contributed by atoms with E-state index in [1.54, 1.807) is 6.33 Å². The van der Waals surface area contributed by atoms with Crippen molar-refractivity contribution in [3.8, 4) is 0 Å². The Morgan fingerprint density at radius 1 is 1.40 bits per heavy atom. The molecule has 9 nitrogen and oxygen atoms in total. The second-order valence-corrected chi connectivity index (χ2v) is 6.38. The Morgan fingerprint density at radius 2 is 2.15 bits per heavy atom. The summed E-state index contributed by atoms with van der Waals surface area (Å²) in [6.45, 7) is 0. The monoisotopic (exact) mass is 299 g/mol. The molecule has 3 rings (SSSR count). The van der Waals surface area contributed by atoms with Gasteiger partial charge in [-0.3, -0.25) is 4.57 Å². The minimum atomic E-state index is -4.10. The molecule has 1 fully saturated rings. The quantitative estimate of drug-likeness (QED) is 0.684. The Morgan fingerprint density at radius 3 is 2.85 bits per heavy atom. The molecular weight excluding hydrogens is 285 g/mol. The smallest absolute Gasteiger partial charge is 0.350 e. The highest BCUT2D eigenvalue weighted by Gasteiger charge is 2.34. The normalized spacial score (nSPS) is 22.9. The van der Waals surface area contributed by atoms with Crippen molar-refractivity contribution in [1.29, 1.82) is 0 Å². The van der Waals surface area contributed by atoms with Crippen molar-refractivity contribution in [3.05, 3.63) is 12.7 Å². The molecule has 0 bridgehead atoms. The molecule has 10 heteroatoms. The fourth-order valence-electron chi connectivity index (χ4n) is 2.24. The summed E-state index contributed by atoms with van der Waals surface area (Å²) in [6.07, 6.45) is 3.68. The van der Waals surface area contributed by atoms with E-state index >= 15 is 0 Å². The van der Waals surface area contributed by atoms with Gasteiger partial charge in [-0.15, -0.1) is 0 Å². The summed E-state index contributed by atoms with van der Waals surface area (Å²) >= 11 is 0. The van der Waals surface area contributed by atoms with Crippen LogP contribution >= 0.6 is 7.60 Å². The average molecular weight is 299 g/mol. The van der Waals surface area contributed by atoms with Crippen molar-refractivity contribution in [2.45, 2.75) is 25.0 Å². The molecular formula is C10H14N5O4P. The minimum Gasteiger partial charge on any atom is -0.382 e.